The molecular formula is C15H24N2O4. The molecule has 0 fully saturated rings. The van der Waals surface area contributed by atoms with Crippen molar-refractivity contribution in [3.63, 3.8) is 0 Å². The average molecular weight is 296 g/mol. The van der Waals surface area contributed by atoms with Gasteiger partial charge in [-0.1, -0.05) is 6.07 Å². The second kappa shape index (κ2) is 9.88. The van der Waals surface area contributed by atoms with E-state index >= 15 is 0 Å². The number of hydrogen-bond donors (Lipinski definition) is 2. The molecule has 6 nitrogen and oxygen atoms in total. The van der Waals surface area contributed by atoms with Crippen molar-refractivity contribution in [1.29, 1.82) is 0 Å². The largest absolute Gasteiger partial charge is 0.493 e. The van der Waals surface area contributed by atoms with Crippen molar-refractivity contribution in [2.75, 3.05) is 41.0 Å². The fourth-order valence-electron chi connectivity index (χ4n) is 1.84. The zero-order valence-corrected chi connectivity index (χ0v) is 12.9. The molecule has 0 saturated carbocycles. The highest BCUT2D eigenvalue weighted by atomic mass is 16.5. The lowest BCUT2D eigenvalue weighted by Crippen LogP contribution is -2.37. The predicted molar refractivity (Wildman–Crippen MR) is 81.1 cm³/mol. The van der Waals surface area contributed by atoms with Crippen molar-refractivity contribution in [3.8, 4) is 11.5 Å². The van der Waals surface area contributed by atoms with Gasteiger partial charge in [-0.05, 0) is 30.5 Å². The monoisotopic (exact) mass is 296 g/mol. The van der Waals surface area contributed by atoms with Gasteiger partial charge >= 0.3 is 6.03 Å². The Labute approximate surface area is 125 Å². The zero-order chi connectivity index (χ0) is 15.5. The van der Waals surface area contributed by atoms with Crippen LogP contribution in [0.25, 0.3) is 0 Å². The van der Waals surface area contributed by atoms with E-state index in [9.17, 15) is 4.79 Å². The molecule has 2 amide bonds. The van der Waals surface area contributed by atoms with Gasteiger partial charge in [0.25, 0.3) is 0 Å². The highest BCUT2D eigenvalue weighted by molar-refractivity contribution is 5.73. The lowest BCUT2D eigenvalue weighted by molar-refractivity contribution is 0.193. The molecule has 1 rings (SSSR count). The molecule has 0 unspecified atom stereocenters. The first kappa shape index (κ1) is 17.1. The lowest BCUT2D eigenvalue weighted by atomic mass is 10.1. The van der Waals surface area contributed by atoms with E-state index in [0.717, 1.165) is 18.4 Å². The van der Waals surface area contributed by atoms with E-state index in [1.54, 1.807) is 21.3 Å². The van der Waals surface area contributed by atoms with Gasteiger partial charge in [0.2, 0.25) is 0 Å². The number of amides is 2. The standard InChI is InChI=1S/C15H24N2O4/c1-19-10-4-8-16-15(18)17-9-7-12-5-6-13(20-2)14(11-12)21-3/h5-6,11H,4,7-10H2,1-3H3,(H2,16,17,18). The molecule has 0 atom stereocenters. The molecule has 21 heavy (non-hydrogen) atoms. The number of ether oxygens (including phenoxy) is 3. The van der Waals surface area contributed by atoms with Crippen LogP contribution in [0.3, 0.4) is 0 Å². The summed E-state index contributed by atoms with van der Waals surface area (Å²) < 4.78 is 15.3. The van der Waals surface area contributed by atoms with Gasteiger partial charge in [-0.3, -0.25) is 0 Å². The maximum absolute atomic E-state index is 11.5. The summed E-state index contributed by atoms with van der Waals surface area (Å²) in [6.07, 6.45) is 1.53. The lowest BCUT2D eigenvalue weighted by Gasteiger charge is -2.10. The van der Waals surface area contributed by atoms with Crippen LogP contribution in [0.2, 0.25) is 0 Å². The van der Waals surface area contributed by atoms with E-state index in [1.807, 2.05) is 18.2 Å². The summed E-state index contributed by atoms with van der Waals surface area (Å²) in [6, 6.07) is 5.57. The third kappa shape index (κ3) is 6.35. The van der Waals surface area contributed by atoms with Crippen LogP contribution in [0.1, 0.15) is 12.0 Å². The molecule has 0 aliphatic carbocycles. The van der Waals surface area contributed by atoms with Crippen LogP contribution in [0.4, 0.5) is 4.79 Å². The number of benzene rings is 1. The summed E-state index contributed by atoms with van der Waals surface area (Å²) in [5.74, 6) is 1.39. The third-order valence-electron chi connectivity index (χ3n) is 2.96. The summed E-state index contributed by atoms with van der Waals surface area (Å²) in [5, 5.41) is 5.58. The van der Waals surface area contributed by atoms with Gasteiger partial charge in [0.1, 0.15) is 0 Å². The molecule has 1 aromatic rings. The van der Waals surface area contributed by atoms with Crippen molar-refractivity contribution in [3.05, 3.63) is 23.8 Å². The minimum Gasteiger partial charge on any atom is -0.493 e. The zero-order valence-electron chi connectivity index (χ0n) is 12.9. The molecule has 6 heteroatoms. The van der Waals surface area contributed by atoms with E-state index in [4.69, 9.17) is 14.2 Å². The van der Waals surface area contributed by atoms with E-state index < -0.39 is 0 Å². The Hall–Kier alpha value is -1.95. The first-order valence-corrected chi connectivity index (χ1v) is 6.92. The summed E-state index contributed by atoms with van der Waals surface area (Å²) in [7, 11) is 4.85. The van der Waals surface area contributed by atoms with Crippen molar-refractivity contribution < 1.29 is 19.0 Å². The molecule has 0 spiro atoms. The molecule has 0 aliphatic heterocycles. The minimum atomic E-state index is -0.161. The van der Waals surface area contributed by atoms with E-state index in [0.29, 0.717) is 31.2 Å². The molecule has 0 aromatic heterocycles. The van der Waals surface area contributed by atoms with Crippen LogP contribution in [0.15, 0.2) is 18.2 Å². The Kier molecular flexibility index (Phi) is 8.04. The Balaban J connectivity index is 2.30. The second-order valence-electron chi connectivity index (χ2n) is 4.47. The minimum absolute atomic E-state index is 0.161. The highest BCUT2D eigenvalue weighted by Crippen LogP contribution is 2.27. The molecule has 0 bridgehead atoms. The van der Waals surface area contributed by atoms with Gasteiger partial charge in [0, 0.05) is 26.8 Å². The fraction of sp³-hybridized carbons (Fsp3) is 0.533. The van der Waals surface area contributed by atoms with Crippen LogP contribution in [0.5, 0.6) is 11.5 Å². The van der Waals surface area contributed by atoms with Gasteiger partial charge in [-0.15, -0.1) is 0 Å². The Morgan fingerprint density at radius 3 is 2.43 bits per heavy atom. The SMILES string of the molecule is COCCCNC(=O)NCCc1ccc(OC)c(OC)c1. The molecule has 2 N–H and O–H groups in total. The van der Waals surface area contributed by atoms with Gasteiger partial charge in [0.05, 0.1) is 14.2 Å². The van der Waals surface area contributed by atoms with E-state index in [1.165, 1.54) is 0 Å². The van der Waals surface area contributed by atoms with Crippen molar-refractivity contribution in [2.45, 2.75) is 12.8 Å². The number of nitrogens with one attached hydrogen (secondary N) is 2. The number of urea groups is 1. The van der Waals surface area contributed by atoms with Crippen LogP contribution in [-0.2, 0) is 11.2 Å². The summed E-state index contributed by atoms with van der Waals surface area (Å²) in [5.41, 5.74) is 1.08. The Morgan fingerprint density at radius 1 is 1.05 bits per heavy atom. The first-order chi connectivity index (χ1) is 10.2. The summed E-state index contributed by atoms with van der Waals surface area (Å²) >= 11 is 0. The van der Waals surface area contributed by atoms with Gasteiger partial charge in [-0.2, -0.15) is 0 Å². The van der Waals surface area contributed by atoms with Gasteiger partial charge in [-0.25, -0.2) is 4.79 Å². The van der Waals surface area contributed by atoms with E-state index in [-0.39, 0.29) is 6.03 Å². The molecule has 0 saturated heterocycles. The number of carbonyl (C=O) groups excluding carboxylic acids is 1. The number of methoxy groups -OCH3 is 3. The molecule has 118 valence electrons. The maximum atomic E-state index is 11.5. The normalized spacial score (nSPS) is 10.0. The first-order valence-electron chi connectivity index (χ1n) is 6.92. The molecule has 0 aliphatic rings. The molecule has 0 heterocycles. The summed E-state index contributed by atoms with van der Waals surface area (Å²) in [6.45, 7) is 1.81. The number of rotatable bonds is 9. The second-order valence-corrected chi connectivity index (χ2v) is 4.47. The van der Waals surface area contributed by atoms with Crippen LogP contribution < -0.4 is 20.1 Å². The number of hydrogen-bond acceptors (Lipinski definition) is 4. The van der Waals surface area contributed by atoms with Gasteiger partial charge < -0.3 is 24.8 Å². The summed E-state index contributed by atoms with van der Waals surface area (Å²) in [4.78, 5) is 11.5. The van der Waals surface area contributed by atoms with Crippen LogP contribution in [-0.4, -0.2) is 47.1 Å². The van der Waals surface area contributed by atoms with Gasteiger partial charge in [0.15, 0.2) is 11.5 Å². The smallest absolute Gasteiger partial charge is 0.314 e. The average Bonchev–Trinajstić information content (AvgIpc) is 2.51. The Morgan fingerprint density at radius 2 is 1.76 bits per heavy atom. The maximum Gasteiger partial charge on any atom is 0.314 e. The topological polar surface area (TPSA) is 68.8 Å². The molecular weight excluding hydrogens is 272 g/mol. The third-order valence-corrected chi connectivity index (χ3v) is 2.96. The van der Waals surface area contributed by atoms with Crippen molar-refractivity contribution in [2.24, 2.45) is 0 Å². The Bertz CT molecular complexity index is 438. The van der Waals surface area contributed by atoms with Crippen molar-refractivity contribution >= 4 is 6.03 Å². The quantitative estimate of drug-likeness (QED) is 0.679. The number of carbonyl (C=O) groups is 1. The van der Waals surface area contributed by atoms with Crippen molar-refractivity contribution in [1.82, 2.24) is 10.6 Å². The fourth-order valence-corrected chi connectivity index (χ4v) is 1.84. The molecule has 0 radical (unpaired) electrons. The molecule has 1 aromatic carbocycles. The highest BCUT2D eigenvalue weighted by Gasteiger charge is 2.05. The predicted octanol–water partition coefficient (Wildman–Crippen LogP) is 1.58. The van der Waals surface area contributed by atoms with E-state index in [2.05, 4.69) is 10.6 Å². The van der Waals surface area contributed by atoms with Crippen LogP contribution in [0, 0.1) is 0 Å². The van der Waals surface area contributed by atoms with Crippen LogP contribution >= 0.6 is 0 Å².